The maximum absolute atomic E-state index is 6.21. The molecule has 4 aromatic rings. The first-order valence-electron chi connectivity index (χ1n) is 9.35. The molecular weight excluding hydrogens is 352 g/mol. The minimum Gasteiger partial charge on any atom is -0.439 e. The van der Waals surface area contributed by atoms with Gasteiger partial charge in [0.2, 0.25) is 5.88 Å². The van der Waals surface area contributed by atoms with Crippen molar-refractivity contribution in [2.24, 2.45) is 0 Å². The molecule has 1 fully saturated rings. The Hall–Kier alpha value is -3.45. The van der Waals surface area contributed by atoms with Crippen LogP contribution in [0.25, 0.3) is 16.8 Å². The van der Waals surface area contributed by atoms with Crippen LogP contribution in [0.15, 0.2) is 61.1 Å². The maximum atomic E-state index is 6.21. The summed E-state index contributed by atoms with van der Waals surface area (Å²) in [5, 5.41) is 3.51. The zero-order valence-electron chi connectivity index (χ0n) is 15.2. The van der Waals surface area contributed by atoms with E-state index < -0.39 is 0 Å². The van der Waals surface area contributed by atoms with Gasteiger partial charge in [0, 0.05) is 30.2 Å². The third-order valence-corrected chi connectivity index (χ3v) is 4.97. The van der Waals surface area contributed by atoms with E-state index >= 15 is 0 Å². The van der Waals surface area contributed by atoms with Crippen LogP contribution in [0.1, 0.15) is 24.7 Å². The monoisotopic (exact) mass is 372 g/mol. The predicted molar refractivity (Wildman–Crippen MR) is 107 cm³/mol. The molecule has 3 aromatic heterocycles. The fourth-order valence-corrected chi connectivity index (χ4v) is 3.65. The Morgan fingerprint density at radius 2 is 1.96 bits per heavy atom. The van der Waals surface area contributed by atoms with E-state index in [2.05, 4.69) is 19.7 Å². The second-order valence-electron chi connectivity index (χ2n) is 6.79. The Morgan fingerprint density at radius 3 is 2.71 bits per heavy atom. The SMILES string of the molecule is Nc1nccn2c(C3CCCN3)nc(-c3ccc(Oc4ccccn4)cc3)c12. The summed E-state index contributed by atoms with van der Waals surface area (Å²) in [6, 6.07) is 13.6. The molecule has 0 amide bonds. The predicted octanol–water partition coefficient (Wildman–Crippen LogP) is 3.59. The molecule has 0 spiro atoms. The third kappa shape index (κ3) is 2.95. The van der Waals surface area contributed by atoms with Crippen molar-refractivity contribution in [3.05, 3.63) is 66.9 Å². The summed E-state index contributed by atoms with van der Waals surface area (Å²) >= 11 is 0. The highest BCUT2D eigenvalue weighted by Crippen LogP contribution is 2.33. The number of nitrogens with zero attached hydrogens (tertiary/aromatic N) is 4. The summed E-state index contributed by atoms with van der Waals surface area (Å²) in [7, 11) is 0. The number of pyridine rings is 1. The summed E-state index contributed by atoms with van der Waals surface area (Å²) in [5.41, 5.74) is 8.85. The van der Waals surface area contributed by atoms with E-state index in [1.54, 1.807) is 12.4 Å². The van der Waals surface area contributed by atoms with Gasteiger partial charge in [-0.3, -0.25) is 4.40 Å². The summed E-state index contributed by atoms with van der Waals surface area (Å²) in [4.78, 5) is 13.4. The number of nitrogen functional groups attached to an aromatic ring is 1. The lowest BCUT2D eigenvalue weighted by atomic mass is 10.1. The molecule has 0 saturated carbocycles. The lowest BCUT2D eigenvalue weighted by Crippen LogP contribution is -2.15. The van der Waals surface area contributed by atoms with Crippen LogP contribution >= 0.6 is 0 Å². The van der Waals surface area contributed by atoms with Crippen LogP contribution in [0.4, 0.5) is 5.82 Å². The number of rotatable bonds is 4. The molecule has 1 aliphatic heterocycles. The molecular formula is C21H20N6O. The van der Waals surface area contributed by atoms with Crippen LogP contribution in [0.5, 0.6) is 11.6 Å². The third-order valence-electron chi connectivity index (χ3n) is 4.97. The van der Waals surface area contributed by atoms with E-state index in [4.69, 9.17) is 15.5 Å². The Labute approximate surface area is 162 Å². The van der Waals surface area contributed by atoms with E-state index in [-0.39, 0.29) is 6.04 Å². The van der Waals surface area contributed by atoms with Crippen LogP contribution in [0, 0.1) is 0 Å². The molecule has 3 N–H and O–H groups in total. The van der Waals surface area contributed by atoms with Gasteiger partial charge in [0.25, 0.3) is 0 Å². The molecule has 7 heteroatoms. The highest BCUT2D eigenvalue weighted by Gasteiger charge is 2.24. The quantitative estimate of drug-likeness (QED) is 0.569. The van der Waals surface area contributed by atoms with E-state index in [0.29, 0.717) is 11.7 Å². The van der Waals surface area contributed by atoms with Gasteiger partial charge >= 0.3 is 0 Å². The molecule has 1 atom stereocenters. The first-order valence-corrected chi connectivity index (χ1v) is 9.35. The fraction of sp³-hybridized carbons (Fsp3) is 0.190. The summed E-state index contributed by atoms with van der Waals surface area (Å²) in [6.07, 6.45) is 7.56. The molecule has 1 aromatic carbocycles. The first-order chi connectivity index (χ1) is 13.8. The average Bonchev–Trinajstić information content (AvgIpc) is 3.38. The molecule has 7 nitrogen and oxygen atoms in total. The number of anilines is 1. The molecule has 28 heavy (non-hydrogen) atoms. The van der Waals surface area contributed by atoms with Crippen molar-refractivity contribution in [2.45, 2.75) is 18.9 Å². The number of nitrogens with two attached hydrogens (primary N) is 1. The van der Waals surface area contributed by atoms with Crippen molar-refractivity contribution in [1.82, 2.24) is 24.7 Å². The summed E-state index contributed by atoms with van der Waals surface area (Å²) in [6.45, 7) is 1.01. The zero-order chi connectivity index (χ0) is 18.9. The lowest BCUT2D eigenvalue weighted by Gasteiger charge is -2.08. The minimum absolute atomic E-state index is 0.231. The van der Waals surface area contributed by atoms with Gasteiger partial charge in [-0.1, -0.05) is 6.07 Å². The Bertz CT molecular complexity index is 1100. The van der Waals surface area contributed by atoms with Crippen molar-refractivity contribution in [2.75, 3.05) is 12.3 Å². The van der Waals surface area contributed by atoms with Gasteiger partial charge in [-0.2, -0.15) is 0 Å². The topological polar surface area (TPSA) is 90.4 Å². The smallest absolute Gasteiger partial charge is 0.219 e. The van der Waals surface area contributed by atoms with Crippen LogP contribution in [0.2, 0.25) is 0 Å². The largest absolute Gasteiger partial charge is 0.439 e. The van der Waals surface area contributed by atoms with Gasteiger partial charge in [0.05, 0.1) is 6.04 Å². The highest BCUT2D eigenvalue weighted by atomic mass is 16.5. The van der Waals surface area contributed by atoms with Crippen molar-refractivity contribution in [1.29, 1.82) is 0 Å². The summed E-state index contributed by atoms with van der Waals surface area (Å²) < 4.78 is 7.84. The van der Waals surface area contributed by atoms with Crippen LogP contribution in [-0.4, -0.2) is 25.9 Å². The molecule has 4 heterocycles. The van der Waals surface area contributed by atoms with Gasteiger partial charge in [0.15, 0.2) is 0 Å². The molecule has 0 bridgehead atoms. The van der Waals surface area contributed by atoms with Gasteiger partial charge in [-0.15, -0.1) is 0 Å². The zero-order valence-corrected chi connectivity index (χ0v) is 15.2. The second-order valence-corrected chi connectivity index (χ2v) is 6.79. The normalized spacial score (nSPS) is 16.5. The molecule has 140 valence electrons. The number of fused-ring (bicyclic) bond motifs is 1. The van der Waals surface area contributed by atoms with E-state index in [1.807, 2.05) is 48.7 Å². The number of imidazole rings is 1. The number of ether oxygens (including phenoxy) is 1. The standard InChI is InChI=1S/C21H20N6O/c22-20-19-18(26-21(16-4-3-11-23-16)27(19)13-12-25-20)14-6-8-15(9-7-14)28-17-5-1-2-10-24-17/h1-2,5-10,12-13,16,23H,3-4,11H2,(H2,22,25). The van der Waals surface area contributed by atoms with Gasteiger partial charge in [-0.25, -0.2) is 15.0 Å². The Balaban J connectivity index is 1.53. The van der Waals surface area contributed by atoms with Crippen molar-refractivity contribution in [3.8, 4) is 22.9 Å². The molecule has 0 radical (unpaired) electrons. The second kappa shape index (κ2) is 6.94. The molecule has 1 aliphatic rings. The van der Waals surface area contributed by atoms with Crippen LogP contribution in [0.3, 0.4) is 0 Å². The Morgan fingerprint density at radius 1 is 1.07 bits per heavy atom. The highest BCUT2D eigenvalue weighted by molar-refractivity contribution is 5.85. The van der Waals surface area contributed by atoms with Crippen molar-refractivity contribution in [3.63, 3.8) is 0 Å². The maximum Gasteiger partial charge on any atom is 0.219 e. The number of nitrogens with one attached hydrogen (secondary N) is 1. The van der Waals surface area contributed by atoms with Crippen LogP contribution in [-0.2, 0) is 0 Å². The molecule has 1 unspecified atom stereocenters. The lowest BCUT2D eigenvalue weighted by molar-refractivity contribution is 0.463. The fourth-order valence-electron chi connectivity index (χ4n) is 3.65. The molecule has 1 saturated heterocycles. The number of hydrogen-bond acceptors (Lipinski definition) is 6. The van der Waals surface area contributed by atoms with Crippen molar-refractivity contribution < 1.29 is 4.74 Å². The molecule has 0 aliphatic carbocycles. The van der Waals surface area contributed by atoms with E-state index in [0.717, 1.165) is 47.7 Å². The van der Waals surface area contributed by atoms with Crippen LogP contribution < -0.4 is 15.8 Å². The number of hydrogen-bond donors (Lipinski definition) is 2. The van der Waals surface area contributed by atoms with Gasteiger partial charge in [0.1, 0.15) is 28.6 Å². The average molecular weight is 372 g/mol. The van der Waals surface area contributed by atoms with Gasteiger partial charge < -0.3 is 15.8 Å². The minimum atomic E-state index is 0.231. The number of benzene rings is 1. The van der Waals surface area contributed by atoms with E-state index in [9.17, 15) is 0 Å². The van der Waals surface area contributed by atoms with Crippen molar-refractivity contribution >= 4 is 11.3 Å². The number of aromatic nitrogens is 4. The van der Waals surface area contributed by atoms with Gasteiger partial charge in [-0.05, 0) is 49.7 Å². The van der Waals surface area contributed by atoms with E-state index in [1.165, 1.54) is 0 Å². The molecule has 5 rings (SSSR count). The first kappa shape index (κ1) is 16.7. The summed E-state index contributed by atoms with van der Waals surface area (Å²) in [5.74, 6) is 2.73. The Kier molecular flexibility index (Phi) is 4.14.